The molecule has 1 saturated carbocycles. The molecule has 1 fully saturated rings. The van der Waals surface area contributed by atoms with E-state index in [2.05, 4.69) is 16.3 Å². The Morgan fingerprint density at radius 1 is 1.14 bits per heavy atom. The highest BCUT2D eigenvalue weighted by molar-refractivity contribution is 5.90. The summed E-state index contributed by atoms with van der Waals surface area (Å²) < 4.78 is 5.63. The van der Waals surface area contributed by atoms with Gasteiger partial charge in [-0.15, -0.1) is 0 Å². The minimum absolute atomic E-state index is 0.0834. The molecule has 0 spiro atoms. The van der Waals surface area contributed by atoms with Gasteiger partial charge in [0.2, 0.25) is 5.91 Å². The third-order valence-electron chi connectivity index (χ3n) is 5.69. The third kappa shape index (κ3) is 5.80. The van der Waals surface area contributed by atoms with Crippen molar-refractivity contribution in [1.29, 1.82) is 0 Å². The number of benzene rings is 1. The maximum atomic E-state index is 13.0. The van der Waals surface area contributed by atoms with E-state index in [4.69, 9.17) is 4.74 Å². The number of allylic oxidation sites excluding steroid dienone is 1. The highest BCUT2D eigenvalue weighted by Gasteiger charge is 2.43. The smallest absolute Gasteiger partial charge is 0.332 e. The quantitative estimate of drug-likeness (QED) is 0.716. The van der Waals surface area contributed by atoms with Crippen LogP contribution in [-0.2, 0) is 20.9 Å². The lowest BCUT2D eigenvalue weighted by atomic mass is 9.81. The van der Waals surface area contributed by atoms with Crippen LogP contribution in [-0.4, -0.2) is 43.0 Å². The molecule has 0 saturated heterocycles. The Balaban J connectivity index is 1.62. The number of hydrogen-bond acceptors (Lipinski definition) is 4. The fourth-order valence-corrected chi connectivity index (χ4v) is 4.07. The SMILES string of the molecule is CN(C)CC1=CCC(C(=O)NC2(C(=O)OCc3ccccc3)CCCCC2)C=C1. The maximum Gasteiger partial charge on any atom is 0.332 e. The Morgan fingerprint density at radius 2 is 1.86 bits per heavy atom. The molecule has 1 N–H and O–H groups in total. The summed E-state index contributed by atoms with van der Waals surface area (Å²) in [7, 11) is 4.06. The second-order valence-electron chi connectivity index (χ2n) is 8.41. The summed E-state index contributed by atoms with van der Waals surface area (Å²) in [6.07, 6.45) is 11.0. The van der Waals surface area contributed by atoms with Gasteiger partial charge in [0.25, 0.3) is 0 Å². The van der Waals surface area contributed by atoms with Crippen LogP contribution in [0.1, 0.15) is 44.1 Å². The Kier molecular flexibility index (Phi) is 7.26. The first kappa shape index (κ1) is 21.3. The summed E-state index contributed by atoms with van der Waals surface area (Å²) in [4.78, 5) is 28.1. The van der Waals surface area contributed by atoms with Gasteiger partial charge < -0.3 is 15.0 Å². The maximum absolute atomic E-state index is 13.0. The number of rotatable bonds is 7. The summed E-state index contributed by atoms with van der Waals surface area (Å²) in [5, 5.41) is 3.09. The molecular formula is C24H32N2O3. The van der Waals surface area contributed by atoms with Crippen LogP contribution in [0.5, 0.6) is 0 Å². The van der Waals surface area contributed by atoms with Crippen molar-refractivity contribution < 1.29 is 14.3 Å². The molecule has 29 heavy (non-hydrogen) atoms. The van der Waals surface area contributed by atoms with Crippen LogP contribution in [0.15, 0.2) is 54.1 Å². The first-order valence-corrected chi connectivity index (χ1v) is 10.5. The molecule has 0 aliphatic heterocycles. The zero-order valence-corrected chi connectivity index (χ0v) is 17.5. The van der Waals surface area contributed by atoms with Crippen molar-refractivity contribution in [2.24, 2.45) is 5.92 Å². The summed E-state index contributed by atoms with van der Waals surface area (Å²) in [5.74, 6) is -0.625. The van der Waals surface area contributed by atoms with Gasteiger partial charge in [0.05, 0.1) is 5.92 Å². The minimum atomic E-state index is -0.897. The summed E-state index contributed by atoms with van der Waals surface area (Å²) in [5.41, 5.74) is 1.27. The Bertz CT molecular complexity index is 762. The van der Waals surface area contributed by atoms with Crippen molar-refractivity contribution in [2.45, 2.75) is 50.7 Å². The number of likely N-dealkylation sites (N-methyl/N-ethyl adjacent to an activating group) is 1. The molecular weight excluding hydrogens is 364 g/mol. The van der Waals surface area contributed by atoms with Gasteiger partial charge in [-0.3, -0.25) is 4.79 Å². The topological polar surface area (TPSA) is 58.6 Å². The Labute approximate surface area is 173 Å². The standard InChI is InChI=1S/C24H32N2O3/c1-26(2)17-19-11-13-21(14-12-19)22(27)25-24(15-7-4-8-16-24)23(28)29-18-20-9-5-3-6-10-20/h3,5-6,9-13,21H,4,7-8,14-18H2,1-2H3,(H,25,27). The van der Waals surface area contributed by atoms with Crippen LogP contribution < -0.4 is 5.32 Å². The lowest BCUT2D eigenvalue weighted by Crippen LogP contribution is -2.57. The summed E-state index contributed by atoms with van der Waals surface area (Å²) in [6, 6.07) is 9.65. The minimum Gasteiger partial charge on any atom is -0.459 e. The number of esters is 1. The average Bonchev–Trinajstić information content (AvgIpc) is 2.73. The van der Waals surface area contributed by atoms with E-state index in [-0.39, 0.29) is 24.4 Å². The van der Waals surface area contributed by atoms with Gasteiger partial charge in [-0.2, -0.15) is 0 Å². The number of carbonyl (C=O) groups is 2. The van der Waals surface area contributed by atoms with Crippen LogP contribution in [0.2, 0.25) is 0 Å². The van der Waals surface area contributed by atoms with Crippen LogP contribution >= 0.6 is 0 Å². The van der Waals surface area contributed by atoms with Crippen molar-refractivity contribution in [3.63, 3.8) is 0 Å². The number of hydrogen-bond donors (Lipinski definition) is 1. The van der Waals surface area contributed by atoms with Gasteiger partial charge in [0.15, 0.2) is 0 Å². The lowest BCUT2D eigenvalue weighted by molar-refractivity contribution is -0.157. The molecule has 1 aromatic rings. The zero-order chi connectivity index (χ0) is 20.7. The van der Waals surface area contributed by atoms with Crippen LogP contribution in [0, 0.1) is 5.92 Å². The molecule has 0 heterocycles. The van der Waals surface area contributed by atoms with E-state index >= 15 is 0 Å². The second kappa shape index (κ2) is 9.88. The highest BCUT2D eigenvalue weighted by atomic mass is 16.5. The Hall–Kier alpha value is -2.40. The van der Waals surface area contributed by atoms with Gasteiger partial charge in [0, 0.05) is 6.54 Å². The number of amides is 1. The van der Waals surface area contributed by atoms with E-state index in [9.17, 15) is 9.59 Å². The second-order valence-corrected chi connectivity index (χ2v) is 8.41. The molecule has 156 valence electrons. The van der Waals surface area contributed by atoms with Gasteiger partial charge in [-0.25, -0.2) is 4.79 Å². The molecule has 0 bridgehead atoms. The van der Waals surface area contributed by atoms with Crippen molar-refractivity contribution in [1.82, 2.24) is 10.2 Å². The summed E-state index contributed by atoms with van der Waals surface area (Å²) in [6.45, 7) is 1.10. The molecule has 1 unspecified atom stereocenters. The van der Waals surface area contributed by atoms with E-state index in [0.717, 1.165) is 31.4 Å². The number of carbonyl (C=O) groups excluding carboxylic acids is 2. The van der Waals surface area contributed by atoms with Crippen molar-refractivity contribution >= 4 is 11.9 Å². The molecule has 1 amide bonds. The van der Waals surface area contributed by atoms with E-state index in [1.165, 1.54) is 5.57 Å². The van der Waals surface area contributed by atoms with Crippen LogP contribution in [0.25, 0.3) is 0 Å². The first-order valence-electron chi connectivity index (χ1n) is 10.5. The van der Waals surface area contributed by atoms with E-state index < -0.39 is 5.54 Å². The fourth-order valence-electron chi connectivity index (χ4n) is 4.07. The first-order chi connectivity index (χ1) is 14.0. The number of ether oxygens (including phenoxy) is 1. The zero-order valence-electron chi connectivity index (χ0n) is 17.5. The molecule has 5 heteroatoms. The average molecular weight is 397 g/mol. The highest BCUT2D eigenvalue weighted by Crippen LogP contribution is 2.31. The summed E-state index contributed by atoms with van der Waals surface area (Å²) >= 11 is 0. The van der Waals surface area contributed by atoms with Crippen molar-refractivity contribution in [3.05, 3.63) is 59.7 Å². The van der Waals surface area contributed by atoms with Gasteiger partial charge in [-0.1, -0.05) is 67.8 Å². The van der Waals surface area contributed by atoms with Crippen molar-refractivity contribution in [2.75, 3.05) is 20.6 Å². The van der Waals surface area contributed by atoms with Crippen LogP contribution in [0.3, 0.4) is 0 Å². The normalized spacial score (nSPS) is 20.8. The lowest BCUT2D eigenvalue weighted by Gasteiger charge is -2.36. The molecule has 1 aromatic carbocycles. The predicted octanol–water partition coefficient (Wildman–Crippen LogP) is 3.61. The Morgan fingerprint density at radius 3 is 2.48 bits per heavy atom. The molecule has 3 rings (SSSR count). The van der Waals surface area contributed by atoms with Gasteiger partial charge in [-0.05, 0) is 44.5 Å². The predicted molar refractivity (Wildman–Crippen MR) is 114 cm³/mol. The molecule has 0 aromatic heterocycles. The van der Waals surface area contributed by atoms with Crippen molar-refractivity contribution in [3.8, 4) is 0 Å². The molecule has 0 radical (unpaired) electrons. The van der Waals surface area contributed by atoms with Gasteiger partial charge in [0.1, 0.15) is 12.1 Å². The molecule has 2 aliphatic carbocycles. The number of nitrogens with zero attached hydrogens (tertiary/aromatic N) is 1. The van der Waals surface area contributed by atoms with Gasteiger partial charge >= 0.3 is 5.97 Å². The molecule has 1 atom stereocenters. The largest absolute Gasteiger partial charge is 0.459 e. The molecule has 2 aliphatic rings. The number of nitrogens with one attached hydrogen (secondary N) is 1. The van der Waals surface area contributed by atoms with E-state index in [1.54, 1.807) is 0 Å². The van der Waals surface area contributed by atoms with Crippen LogP contribution in [0.4, 0.5) is 0 Å². The third-order valence-corrected chi connectivity index (χ3v) is 5.69. The fraction of sp³-hybridized carbons (Fsp3) is 0.500. The molecule has 5 nitrogen and oxygen atoms in total. The van der Waals surface area contributed by atoms with E-state index in [0.29, 0.717) is 19.3 Å². The monoisotopic (exact) mass is 396 g/mol. The van der Waals surface area contributed by atoms with E-state index in [1.807, 2.05) is 56.6 Å².